The molecule has 0 bridgehead atoms. The molecule has 2 aliphatic rings. The third-order valence-electron chi connectivity index (χ3n) is 5.70. The molecular formula is C17H22BrN3O5. The topological polar surface area (TPSA) is 96.2 Å². The Morgan fingerprint density at radius 1 is 1.23 bits per heavy atom. The normalized spacial score (nSPS) is 19.5. The fourth-order valence-electron chi connectivity index (χ4n) is 3.97. The van der Waals surface area contributed by atoms with E-state index in [0.717, 1.165) is 44.5 Å². The summed E-state index contributed by atoms with van der Waals surface area (Å²) in [4.78, 5) is 25.5. The number of nitro benzene ring substituents is 1. The molecule has 0 aliphatic carbocycles. The van der Waals surface area contributed by atoms with Gasteiger partial charge in [0.05, 0.1) is 17.7 Å². The zero-order chi connectivity index (χ0) is 18.9. The van der Waals surface area contributed by atoms with Gasteiger partial charge in [-0.05, 0) is 47.0 Å². The van der Waals surface area contributed by atoms with Crippen molar-refractivity contribution in [1.82, 2.24) is 4.90 Å². The highest BCUT2D eigenvalue weighted by atomic mass is 79.9. The van der Waals surface area contributed by atoms with E-state index < -0.39 is 11.0 Å². The molecule has 0 unspecified atom stereocenters. The number of rotatable bonds is 3. The molecule has 2 saturated heterocycles. The average molecular weight is 428 g/mol. The van der Waals surface area contributed by atoms with Gasteiger partial charge in [0.2, 0.25) is 0 Å². The van der Waals surface area contributed by atoms with Crippen LogP contribution >= 0.6 is 15.9 Å². The first-order valence-electron chi connectivity index (χ1n) is 8.60. The van der Waals surface area contributed by atoms with Crippen molar-refractivity contribution in [2.75, 3.05) is 38.2 Å². The lowest BCUT2D eigenvalue weighted by molar-refractivity contribution is -0.385. The Hall–Kier alpha value is -2.03. The first-order chi connectivity index (χ1) is 12.3. The number of anilines is 1. The van der Waals surface area contributed by atoms with E-state index in [4.69, 9.17) is 9.84 Å². The molecule has 1 aromatic rings. The number of likely N-dealkylation sites (tertiary alicyclic amines) is 1. The SMILES string of the molecule is COc1cc(N2CCC3(CCN(C(=O)O)CC3)CC2)c(Br)cc1[N+](=O)[O-]. The lowest BCUT2D eigenvalue weighted by Gasteiger charge is -2.47. The number of piperidine rings is 2. The van der Waals surface area contributed by atoms with Crippen LogP contribution in [0.5, 0.6) is 5.75 Å². The van der Waals surface area contributed by atoms with Crippen LogP contribution in [-0.4, -0.2) is 54.3 Å². The number of ether oxygens (including phenoxy) is 1. The summed E-state index contributed by atoms with van der Waals surface area (Å²) < 4.78 is 5.87. The van der Waals surface area contributed by atoms with E-state index in [1.165, 1.54) is 18.1 Å². The van der Waals surface area contributed by atoms with Crippen molar-refractivity contribution in [2.24, 2.45) is 5.41 Å². The van der Waals surface area contributed by atoms with Gasteiger partial charge in [-0.25, -0.2) is 4.79 Å². The van der Waals surface area contributed by atoms with E-state index in [0.29, 0.717) is 17.6 Å². The fourth-order valence-corrected chi connectivity index (χ4v) is 4.56. The van der Waals surface area contributed by atoms with Gasteiger partial charge < -0.3 is 19.6 Å². The largest absolute Gasteiger partial charge is 0.490 e. The van der Waals surface area contributed by atoms with Crippen molar-refractivity contribution in [3.05, 3.63) is 26.7 Å². The standard InChI is InChI=1S/C17H22BrN3O5/c1-26-15-11-13(12(18)10-14(15)21(24)25)19-6-2-17(3-7-19)4-8-20(9-5-17)16(22)23/h10-11H,2-9H2,1H3,(H,22,23). The molecule has 2 aliphatic heterocycles. The highest BCUT2D eigenvalue weighted by Crippen LogP contribution is 2.44. The summed E-state index contributed by atoms with van der Waals surface area (Å²) in [5.41, 5.74) is 1.04. The van der Waals surface area contributed by atoms with Gasteiger partial charge in [0.25, 0.3) is 0 Å². The van der Waals surface area contributed by atoms with Gasteiger partial charge in [-0.1, -0.05) is 0 Å². The van der Waals surface area contributed by atoms with E-state index >= 15 is 0 Å². The van der Waals surface area contributed by atoms with Crippen LogP contribution in [0.15, 0.2) is 16.6 Å². The predicted octanol–water partition coefficient (Wildman–Crippen LogP) is 3.73. The number of methoxy groups -OCH3 is 1. The summed E-state index contributed by atoms with van der Waals surface area (Å²) in [5, 5.41) is 20.3. The minimum atomic E-state index is -0.834. The van der Waals surface area contributed by atoms with Crippen molar-refractivity contribution >= 4 is 33.4 Å². The Morgan fingerprint density at radius 2 is 1.81 bits per heavy atom. The van der Waals surface area contributed by atoms with E-state index in [-0.39, 0.29) is 16.9 Å². The molecule has 2 fully saturated rings. The Labute approximate surface area is 160 Å². The Balaban J connectivity index is 1.71. The number of nitrogens with zero attached hydrogens (tertiary/aromatic N) is 3. The number of hydrogen-bond donors (Lipinski definition) is 1. The smallest absolute Gasteiger partial charge is 0.407 e. The van der Waals surface area contributed by atoms with Crippen LogP contribution in [0.4, 0.5) is 16.2 Å². The molecule has 26 heavy (non-hydrogen) atoms. The second kappa shape index (κ2) is 7.30. The van der Waals surface area contributed by atoms with Gasteiger partial charge in [-0.2, -0.15) is 0 Å². The van der Waals surface area contributed by atoms with E-state index in [9.17, 15) is 14.9 Å². The van der Waals surface area contributed by atoms with Crippen LogP contribution in [0.3, 0.4) is 0 Å². The van der Waals surface area contributed by atoms with Gasteiger partial charge in [-0.15, -0.1) is 0 Å². The summed E-state index contributed by atoms with van der Waals surface area (Å²) >= 11 is 3.45. The van der Waals surface area contributed by atoms with Crippen molar-refractivity contribution in [1.29, 1.82) is 0 Å². The van der Waals surface area contributed by atoms with Gasteiger partial charge in [-0.3, -0.25) is 10.1 Å². The molecule has 0 atom stereocenters. The summed E-state index contributed by atoms with van der Waals surface area (Å²) in [6.45, 7) is 2.88. The maximum absolute atomic E-state index is 11.1. The quantitative estimate of drug-likeness (QED) is 0.582. The molecule has 0 radical (unpaired) electrons. The van der Waals surface area contributed by atoms with Crippen molar-refractivity contribution in [3.8, 4) is 5.75 Å². The highest BCUT2D eigenvalue weighted by Gasteiger charge is 2.39. The molecule has 3 rings (SSSR count). The molecule has 1 aromatic carbocycles. The van der Waals surface area contributed by atoms with Gasteiger partial charge in [0, 0.05) is 42.8 Å². The van der Waals surface area contributed by atoms with Crippen LogP contribution in [0.2, 0.25) is 0 Å². The number of hydrogen-bond acceptors (Lipinski definition) is 5. The zero-order valence-corrected chi connectivity index (χ0v) is 16.2. The third-order valence-corrected chi connectivity index (χ3v) is 6.34. The highest BCUT2D eigenvalue weighted by molar-refractivity contribution is 9.10. The molecule has 8 nitrogen and oxygen atoms in total. The van der Waals surface area contributed by atoms with Crippen LogP contribution in [0.1, 0.15) is 25.7 Å². The molecule has 0 aromatic heterocycles. The van der Waals surface area contributed by atoms with Gasteiger partial charge in [0.15, 0.2) is 5.75 Å². The molecule has 9 heteroatoms. The fraction of sp³-hybridized carbons (Fsp3) is 0.588. The molecule has 1 spiro atoms. The minimum Gasteiger partial charge on any atom is -0.490 e. The van der Waals surface area contributed by atoms with Crippen LogP contribution in [-0.2, 0) is 0 Å². The summed E-state index contributed by atoms with van der Waals surface area (Å²) in [7, 11) is 1.43. The maximum Gasteiger partial charge on any atom is 0.407 e. The van der Waals surface area contributed by atoms with Crippen molar-refractivity contribution in [2.45, 2.75) is 25.7 Å². The minimum absolute atomic E-state index is 0.0577. The zero-order valence-electron chi connectivity index (χ0n) is 14.6. The van der Waals surface area contributed by atoms with Crippen LogP contribution < -0.4 is 9.64 Å². The summed E-state index contributed by atoms with van der Waals surface area (Å²) in [5.74, 6) is 0.253. The molecule has 1 N–H and O–H groups in total. The van der Waals surface area contributed by atoms with Crippen molar-refractivity contribution < 1.29 is 19.6 Å². The Bertz CT molecular complexity index is 709. The number of carbonyl (C=O) groups is 1. The van der Waals surface area contributed by atoms with Crippen LogP contribution in [0.25, 0.3) is 0 Å². The Morgan fingerprint density at radius 3 is 2.31 bits per heavy atom. The molecule has 2 heterocycles. The van der Waals surface area contributed by atoms with E-state index in [1.807, 2.05) is 0 Å². The van der Waals surface area contributed by atoms with Crippen LogP contribution in [0, 0.1) is 15.5 Å². The number of nitro groups is 1. The monoisotopic (exact) mass is 427 g/mol. The lowest BCUT2D eigenvalue weighted by atomic mass is 9.71. The molecule has 0 saturated carbocycles. The first-order valence-corrected chi connectivity index (χ1v) is 9.39. The molecular weight excluding hydrogens is 406 g/mol. The number of benzene rings is 1. The molecule has 142 valence electrons. The van der Waals surface area contributed by atoms with E-state index in [1.54, 1.807) is 6.07 Å². The van der Waals surface area contributed by atoms with E-state index in [2.05, 4.69) is 20.8 Å². The number of halogens is 1. The third kappa shape index (κ3) is 3.58. The predicted molar refractivity (Wildman–Crippen MR) is 100 cm³/mol. The maximum atomic E-state index is 11.1. The Kier molecular flexibility index (Phi) is 5.27. The van der Waals surface area contributed by atoms with Crippen molar-refractivity contribution in [3.63, 3.8) is 0 Å². The second-order valence-corrected chi connectivity index (χ2v) is 7.84. The van der Waals surface area contributed by atoms with Gasteiger partial charge in [0.1, 0.15) is 0 Å². The van der Waals surface area contributed by atoms with Gasteiger partial charge >= 0.3 is 11.8 Å². The first kappa shape index (κ1) is 18.8. The molecule has 1 amide bonds. The lowest BCUT2D eigenvalue weighted by Crippen LogP contribution is -2.48. The number of carboxylic acid groups (broad SMARTS) is 1. The summed E-state index contributed by atoms with van der Waals surface area (Å²) in [6.07, 6.45) is 2.95. The number of amides is 1. The average Bonchev–Trinajstić information content (AvgIpc) is 2.63. The summed E-state index contributed by atoms with van der Waals surface area (Å²) in [6, 6.07) is 3.21. The second-order valence-electron chi connectivity index (χ2n) is 6.99.